The normalized spacial score (nSPS) is 23.7. The largest absolute Gasteiger partial charge is 0.496 e. The maximum Gasteiger partial charge on any atom is 0.307 e. The summed E-state index contributed by atoms with van der Waals surface area (Å²) >= 11 is 0. The van der Waals surface area contributed by atoms with Crippen LogP contribution in [0.3, 0.4) is 0 Å². The molecule has 1 aromatic heterocycles. The van der Waals surface area contributed by atoms with E-state index in [2.05, 4.69) is 24.1 Å². The number of aromatic nitrogens is 2. The van der Waals surface area contributed by atoms with Crippen LogP contribution >= 0.6 is 0 Å². The average molecular weight is 686 g/mol. The predicted molar refractivity (Wildman–Crippen MR) is 191 cm³/mol. The van der Waals surface area contributed by atoms with Crippen molar-refractivity contribution < 1.29 is 29.0 Å². The zero-order valence-corrected chi connectivity index (χ0v) is 30.3. The molecular formula is C39H51N5O6. The molecule has 3 aromatic rings. The van der Waals surface area contributed by atoms with Gasteiger partial charge in [0.05, 0.1) is 37.1 Å². The van der Waals surface area contributed by atoms with Gasteiger partial charge >= 0.3 is 5.97 Å². The summed E-state index contributed by atoms with van der Waals surface area (Å²) in [5.74, 6) is 0.474. The Balaban J connectivity index is 1.39. The number of carboxylic acids is 1. The van der Waals surface area contributed by atoms with E-state index in [1.807, 2.05) is 57.5 Å². The zero-order chi connectivity index (χ0) is 35.9. The summed E-state index contributed by atoms with van der Waals surface area (Å²) in [6, 6.07) is 12.7. The highest BCUT2D eigenvalue weighted by Crippen LogP contribution is 2.56. The van der Waals surface area contributed by atoms with Gasteiger partial charge in [0.15, 0.2) is 5.69 Å². The second-order valence-corrected chi connectivity index (χ2v) is 15.0. The molecule has 0 saturated heterocycles. The number of aliphatic carboxylic acids is 1. The van der Waals surface area contributed by atoms with Crippen LogP contribution < -0.4 is 14.8 Å². The molecule has 6 unspecified atom stereocenters. The Morgan fingerprint density at radius 3 is 2.30 bits per heavy atom. The number of benzene rings is 2. The molecule has 11 nitrogen and oxygen atoms in total. The molecule has 0 spiro atoms. The molecule has 2 amide bonds. The molecule has 4 bridgehead atoms. The molecule has 4 aliphatic rings. The number of nitrogens with zero attached hydrogens (tertiary/aromatic N) is 4. The maximum absolute atomic E-state index is 14.2. The smallest absolute Gasteiger partial charge is 0.307 e. The summed E-state index contributed by atoms with van der Waals surface area (Å²) in [6.07, 6.45) is 4.54. The fourth-order valence-corrected chi connectivity index (χ4v) is 8.99. The van der Waals surface area contributed by atoms with E-state index in [9.17, 15) is 19.5 Å². The van der Waals surface area contributed by atoms with E-state index in [1.165, 1.54) is 0 Å². The Morgan fingerprint density at radius 2 is 1.66 bits per heavy atom. The third-order valence-electron chi connectivity index (χ3n) is 11.2. The first-order chi connectivity index (χ1) is 23.9. The molecule has 2 aromatic carbocycles. The topological polar surface area (TPSA) is 126 Å². The van der Waals surface area contributed by atoms with Crippen LogP contribution in [0.5, 0.6) is 11.5 Å². The van der Waals surface area contributed by atoms with Gasteiger partial charge < -0.3 is 29.7 Å². The lowest BCUT2D eigenvalue weighted by atomic mass is 9.50. The minimum absolute atomic E-state index is 0.0201. The molecule has 1 heterocycles. The maximum atomic E-state index is 14.2. The Bertz CT molecular complexity index is 1730. The molecule has 4 aliphatic carbocycles. The van der Waals surface area contributed by atoms with Crippen molar-refractivity contribution in [3.8, 4) is 28.4 Å². The number of nitrogens with one attached hydrogen (secondary N) is 1. The average Bonchev–Trinajstić information content (AvgIpc) is 3.53. The molecule has 11 heteroatoms. The number of hydrogen-bond acceptors (Lipinski definition) is 7. The van der Waals surface area contributed by atoms with Crippen molar-refractivity contribution in [2.24, 2.45) is 29.6 Å². The first kappa shape index (κ1) is 35.4. The number of carbonyl (C=O) groups excluding carboxylic acids is 2. The van der Waals surface area contributed by atoms with Crippen molar-refractivity contribution in [2.45, 2.75) is 57.9 Å². The number of rotatable bonds is 13. The molecule has 268 valence electrons. The summed E-state index contributed by atoms with van der Waals surface area (Å²) < 4.78 is 13.3. The minimum atomic E-state index is -0.754. The van der Waals surface area contributed by atoms with Gasteiger partial charge in [0.2, 0.25) is 0 Å². The standard InChI is InChI=1S/C39H51N5O6/c1-22(2)27-20-24(38(46)43(5)15-9-14-42(3)4)12-13-30(27)44-31(35-32(49-6)10-8-11-33(35)50-7)21-29(41-44)37(45)40-36-26-17-23-16-25(19-26)34(39(47)48)28(36)18-23/h8,10-13,20-23,25-26,28,34,36H,9,14-19H2,1-7H3,(H,40,45)(H,47,48). The molecule has 7 rings (SSSR count). The first-order valence-corrected chi connectivity index (χ1v) is 17.8. The predicted octanol–water partition coefficient (Wildman–Crippen LogP) is 5.57. The van der Waals surface area contributed by atoms with Crippen molar-refractivity contribution in [3.05, 3.63) is 59.3 Å². The number of hydrogen-bond donors (Lipinski definition) is 2. The number of ether oxygens (including phenoxy) is 2. The minimum Gasteiger partial charge on any atom is -0.496 e. The van der Waals surface area contributed by atoms with E-state index in [0.29, 0.717) is 40.8 Å². The molecular weight excluding hydrogens is 634 g/mol. The Morgan fingerprint density at radius 1 is 0.960 bits per heavy atom. The van der Waals surface area contributed by atoms with Gasteiger partial charge in [-0.25, -0.2) is 4.68 Å². The van der Waals surface area contributed by atoms with E-state index in [4.69, 9.17) is 14.6 Å². The lowest BCUT2D eigenvalue weighted by Gasteiger charge is -2.57. The number of methoxy groups -OCH3 is 2. The highest BCUT2D eigenvalue weighted by atomic mass is 16.5. The molecule has 0 aliphatic heterocycles. The van der Waals surface area contributed by atoms with Gasteiger partial charge in [-0.15, -0.1) is 0 Å². The third kappa shape index (κ3) is 6.72. The summed E-state index contributed by atoms with van der Waals surface area (Å²) in [6.45, 7) is 5.67. The van der Waals surface area contributed by atoms with E-state index in [0.717, 1.165) is 49.9 Å². The lowest BCUT2D eigenvalue weighted by Crippen LogP contribution is -2.61. The third-order valence-corrected chi connectivity index (χ3v) is 11.2. The Labute approximate surface area is 294 Å². The van der Waals surface area contributed by atoms with Crippen molar-refractivity contribution in [1.29, 1.82) is 0 Å². The lowest BCUT2D eigenvalue weighted by molar-refractivity contribution is -0.158. The van der Waals surface area contributed by atoms with Crippen LogP contribution in [0.2, 0.25) is 0 Å². The highest BCUT2D eigenvalue weighted by molar-refractivity contribution is 5.96. The van der Waals surface area contributed by atoms with Crippen molar-refractivity contribution in [2.75, 3.05) is 48.5 Å². The summed E-state index contributed by atoms with van der Waals surface area (Å²) in [4.78, 5) is 43.9. The van der Waals surface area contributed by atoms with Gasteiger partial charge in [-0.05, 0) is 124 Å². The summed E-state index contributed by atoms with van der Waals surface area (Å²) in [5.41, 5.74) is 3.66. The van der Waals surface area contributed by atoms with Gasteiger partial charge in [-0.1, -0.05) is 19.9 Å². The van der Waals surface area contributed by atoms with Crippen molar-refractivity contribution in [1.82, 2.24) is 24.9 Å². The monoisotopic (exact) mass is 685 g/mol. The molecule has 2 N–H and O–H groups in total. The van der Waals surface area contributed by atoms with Crippen molar-refractivity contribution >= 4 is 17.8 Å². The quantitative estimate of drug-likeness (QED) is 0.239. The van der Waals surface area contributed by atoms with Gasteiger partial charge in [0.1, 0.15) is 11.5 Å². The van der Waals surface area contributed by atoms with Crippen LogP contribution in [0.15, 0.2) is 42.5 Å². The van der Waals surface area contributed by atoms with E-state index in [-0.39, 0.29) is 47.2 Å². The van der Waals surface area contributed by atoms with Crippen LogP contribution in [-0.2, 0) is 4.79 Å². The number of carbonyl (C=O) groups is 3. The van der Waals surface area contributed by atoms with Crippen LogP contribution in [0.25, 0.3) is 16.9 Å². The summed E-state index contributed by atoms with van der Waals surface area (Å²) in [7, 11) is 9.05. The van der Waals surface area contributed by atoms with E-state index >= 15 is 0 Å². The van der Waals surface area contributed by atoms with Gasteiger partial charge in [-0.2, -0.15) is 5.10 Å². The fourth-order valence-electron chi connectivity index (χ4n) is 8.99. The van der Waals surface area contributed by atoms with Gasteiger partial charge in [0.25, 0.3) is 11.8 Å². The van der Waals surface area contributed by atoms with E-state index in [1.54, 1.807) is 29.9 Å². The van der Waals surface area contributed by atoms with Crippen LogP contribution in [0.1, 0.15) is 78.3 Å². The zero-order valence-electron chi connectivity index (χ0n) is 30.3. The first-order valence-electron chi connectivity index (χ1n) is 17.8. The molecule has 50 heavy (non-hydrogen) atoms. The second-order valence-electron chi connectivity index (χ2n) is 15.0. The van der Waals surface area contributed by atoms with Crippen LogP contribution in [0, 0.1) is 29.6 Å². The number of amides is 2. The van der Waals surface area contributed by atoms with Crippen LogP contribution in [-0.4, -0.2) is 97.0 Å². The molecule has 4 fully saturated rings. The Kier molecular flexibility index (Phi) is 10.3. The molecule has 0 radical (unpaired) electrons. The summed E-state index contributed by atoms with van der Waals surface area (Å²) in [5, 5.41) is 18.3. The van der Waals surface area contributed by atoms with Gasteiger partial charge in [0, 0.05) is 25.2 Å². The SMILES string of the molecule is COc1cccc(OC)c1-c1cc(C(=O)NC2C3CC4CC(C3)C(C(=O)O)C2C4)nn1-c1ccc(C(=O)N(C)CCCN(C)C)cc1C(C)C. The van der Waals surface area contributed by atoms with Crippen LogP contribution in [0.4, 0.5) is 0 Å². The van der Waals surface area contributed by atoms with Crippen molar-refractivity contribution in [3.63, 3.8) is 0 Å². The second kappa shape index (κ2) is 14.5. The van der Waals surface area contributed by atoms with Gasteiger partial charge in [-0.3, -0.25) is 14.4 Å². The van der Waals surface area contributed by atoms with E-state index < -0.39 is 11.9 Å². The number of carboxylic acid groups (broad SMARTS) is 1. The fraction of sp³-hybridized carbons (Fsp3) is 0.538. The Hall–Kier alpha value is -4.38. The molecule has 4 saturated carbocycles. The highest BCUT2D eigenvalue weighted by Gasteiger charge is 2.56. The molecule has 6 atom stereocenters.